The maximum atomic E-state index is 11.7. The molecule has 1 fully saturated rings. The summed E-state index contributed by atoms with van der Waals surface area (Å²) in [6, 6.07) is 7.87. The zero-order chi connectivity index (χ0) is 16.5. The molecule has 1 aliphatic rings. The summed E-state index contributed by atoms with van der Waals surface area (Å²) in [6.07, 6.45) is 0.159. The molecule has 1 amide bonds. The summed E-state index contributed by atoms with van der Waals surface area (Å²) < 4.78 is 11.2. The van der Waals surface area contributed by atoms with Gasteiger partial charge in [-0.1, -0.05) is 12.1 Å². The first-order valence-electron chi connectivity index (χ1n) is 8.10. The fourth-order valence-electron chi connectivity index (χ4n) is 2.46. The van der Waals surface area contributed by atoms with Crippen LogP contribution in [-0.2, 0) is 9.53 Å². The predicted octanol–water partition coefficient (Wildman–Crippen LogP) is 0.410. The van der Waals surface area contributed by atoms with Crippen LogP contribution in [0.3, 0.4) is 0 Å². The summed E-state index contributed by atoms with van der Waals surface area (Å²) in [6.45, 7) is 6.60. The van der Waals surface area contributed by atoms with Crippen molar-refractivity contribution in [1.29, 1.82) is 0 Å². The van der Waals surface area contributed by atoms with Crippen LogP contribution in [0.1, 0.15) is 5.56 Å². The highest BCUT2D eigenvalue weighted by Gasteiger charge is 2.17. The maximum absolute atomic E-state index is 11.7. The van der Waals surface area contributed by atoms with E-state index in [1.54, 1.807) is 0 Å². The van der Waals surface area contributed by atoms with Gasteiger partial charge in [0, 0.05) is 19.6 Å². The van der Waals surface area contributed by atoms with Gasteiger partial charge in [0.2, 0.25) is 5.91 Å². The van der Waals surface area contributed by atoms with Crippen LogP contribution in [-0.4, -0.2) is 69.9 Å². The summed E-state index contributed by atoms with van der Waals surface area (Å²) in [5.74, 6) is 0.804. The molecule has 6 nitrogen and oxygen atoms in total. The van der Waals surface area contributed by atoms with Gasteiger partial charge in [0.05, 0.1) is 25.8 Å². The second kappa shape index (κ2) is 9.50. The number of carbonyl (C=O) groups excluding carboxylic acids is 1. The molecule has 0 radical (unpaired) electrons. The van der Waals surface area contributed by atoms with Crippen molar-refractivity contribution in [2.24, 2.45) is 0 Å². The molecule has 6 heteroatoms. The first-order valence-corrected chi connectivity index (χ1v) is 8.10. The quantitative estimate of drug-likeness (QED) is 0.679. The van der Waals surface area contributed by atoms with Crippen molar-refractivity contribution >= 4 is 5.91 Å². The molecule has 1 heterocycles. The average Bonchev–Trinajstić information content (AvgIpc) is 2.52. The van der Waals surface area contributed by atoms with E-state index in [0.717, 1.165) is 31.0 Å². The highest BCUT2D eigenvalue weighted by Crippen LogP contribution is 2.11. The third-order valence-electron chi connectivity index (χ3n) is 3.68. The van der Waals surface area contributed by atoms with Gasteiger partial charge < -0.3 is 25.0 Å². The Bertz CT molecular complexity index is 496. The van der Waals surface area contributed by atoms with Crippen LogP contribution in [0.15, 0.2) is 24.3 Å². The molecule has 0 aliphatic carbocycles. The fourth-order valence-corrected chi connectivity index (χ4v) is 2.46. The number of nitrogens with one attached hydrogen (secondary N) is 2. The zero-order valence-corrected chi connectivity index (χ0v) is 14.0. The van der Waals surface area contributed by atoms with Gasteiger partial charge in [-0.25, -0.2) is 0 Å². The molecule has 23 heavy (non-hydrogen) atoms. The van der Waals surface area contributed by atoms with Crippen LogP contribution in [0.5, 0.6) is 5.75 Å². The minimum atomic E-state index is -0.0259. The Kier molecular flexibility index (Phi) is 7.32. The molecule has 1 saturated heterocycles. The fraction of sp³-hybridized carbons (Fsp3) is 0.588. The number of hydrogen-bond acceptors (Lipinski definition) is 5. The van der Waals surface area contributed by atoms with Crippen LogP contribution in [0, 0.1) is 6.92 Å². The topological polar surface area (TPSA) is 62.8 Å². The van der Waals surface area contributed by atoms with Gasteiger partial charge in [-0.3, -0.25) is 4.79 Å². The van der Waals surface area contributed by atoms with E-state index >= 15 is 0 Å². The van der Waals surface area contributed by atoms with E-state index in [1.807, 2.05) is 31.2 Å². The van der Waals surface area contributed by atoms with Crippen molar-refractivity contribution in [2.45, 2.75) is 13.0 Å². The summed E-state index contributed by atoms with van der Waals surface area (Å²) in [7, 11) is 2.08. The number of carbonyl (C=O) groups is 1. The van der Waals surface area contributed by atoms with Gasteiger partial charge in [-0.05, 0) is 31.7 Å². The third-order valence-corrected chi connectivity index (χ3v) is 3.68. The second-order valence-electron chi connectivity index (χ2n) is 5.90. The smallest absolute Gasteiger partial charge is 0.234 e. The molecule has 128 valence electrons. The van der Waals surface area contributed by atoms with Gasteiger partial charge >= 0.3 is 0 Å². The minimum absolute atomic E-state index is 0.0259. The van der Waals surface area contributed by atoms with Crippen LogP contribution in [0.25, 0.3) is 0 Å². The zero-order valence-electron chi connectivity index (χ0n) is 14.0. The monoisotopic (exact) mass is 321 g/mol. The summed E-state index contributed by atoms with van der Waals surface area (Å²) in [5.41, 5.74) is 1.16. The Balaban J connectivity index is 1.51. The Morgan fingerprint density at radius 3 is 3.13 bits per heavy atom. The van der Waals surface area contributed by atoms with Gasteiger partial charge in [-0.2, -0.15) is 0 Å². The van der Waals surface area contributed by atoms with Crippen molar-refractivity contribution in [3.63, 3.8) is 0 Å². The third kappa shape index (κ3) is 6.99. The number of rotatable bonds is 8. The van der Waals surface area contributed by atoms with Gasteiger partial charge in [-0.15, -0.1) is 0 Å². The molecule has 0 saturated carbocycles. The van der Waals surface area contributed by atoms with Gasteiger partial charge in [0.25, 0.3) is 0 Å². The van der Waals surface area contributed by atoms with Crippen molar-refractivity contribution in [1.82, 2.24) is 15.5 Å². The van der Waals surface area contributed by atoms with Crippen LogP contribution >= 0.6 is 0 Å². The number of ether oxygens (including phenoxy) is 2. The molecule has 1 unspecified atom stereocenters. The normalized spacial score (nSPS) is 18.6. The Morgan fingerprint density at radius 1 is 1.48 bits per heavy atom. The van der Waals surface area contributed by atoms with E-state index in [-0.39, 0.29) is 12.0 Å². The Labute approximate surface area is 138 Å². The van der Waals surface area contributed by atoms with E-state index in [0.29, 0.717) is 26.2 Å². The standard InChI is InChI=1S/C17H27N3O3/c1-14-4-3-5-15(10-14)22-8-6-19-17(21)12-18-11-16-13-20(2)7-9-23-16/h3-5,10,16,18H,6-9,11-13H2,1-2H3,(H,19,21). The van der Waals surface area contributed by atoms with Gasteiger partial charge in [0.15, 0.2) is 0 Å². The summed E-state index contributed by atoms with van der Waals surface area (Å²) in [4.78, 5) is 14.0. The van der Waals surface area contributed by atoms with Crippen molar-refractivity contribution < 1.29 is 14.3 Å². The number of morpholine rings is 1. The molecule has 1 aliphatic heterocycles. The van der Waals surface area contributed by atoms with Crippen LogP contribution < -0.4 is 15.4 Å². The van der Waals surface area contributed by atoms with E-state index in [1.165, 1.54) is 0 Å². The van der Waals surface area contributed by atoms with E-state index in [4.69, 9.17) is 9.47 Å². The van der Waals surface area contributed by atoms with Crippen molar-refractivity contribution in [3.8, 4) is 5.75 Å². The number of hydrogen-bond donors (Lipinski definition) is 2. The Morgan fingerprint density at radius 2 is 2.35 bits per heavy atom. The largest absolute Gasteiger partial charge is 0.492 e. The number of likely N-dealkylation sites (N-methyl/N-ethyl adjacent to an activating group) is 1. The van der Waals surface area contributed by atoms with Crippen molar-refractivity contribution in [3.05, 3.63) is 29.8 Å². The molecule has 0 bridgehead atoms. The molecule has 1 aromatic rings. The predicted molar refractivity (Wildman–Crippen MR) is 89.8 cm³/mol. The maximum Gasteiger partial charge on any atom is 0.234 e. The highest BCUT2D eigenvalue weighted by atomic mass is 16.5. The molecule has 1 aromatic carbocycles. The summed E-state index contributed by atoms with van der Waals surface area (Å²) in [5, 5.41) is 5.97. The molecular formula is C17H27N3O3. The lowest BCUT2D eigenvalue weighted by Gasteiger charge is -2.30. The van der Waals surface area contributed by atoms with E-state index in [9.17, 15) is 4.79 Å². The van der Waals surface area contributed by atoms with Crippen LogP contribution in [0.2, 0.25) is 0 Å². The van der Waals surface area contributed by atoms with Crippen LogP contribution in [0.4, 0.5) is 0 Å². The summed E-state index contributed by atoms with van der Waals surface area (Å²) >= 11 is 0. The van der Waals surface area contributed by atoms with Gasteiger partial charge in [0.1, 0.15) is 12.4 Å². The lowest BCUT2D eigenvalue weighted by molar-refractivity contribution is -0.120. The van der Waals surface area contributed by atoms with E-state index in [2.05, 4.69) is 22.6 Å². The van der Waals surface area contributed by atoms with Crippen molar-refractivity contribution in [2.75, 3.05) is 53.0 Å². The number of nitrogens with zero attached hydrogens (tertiary/aromatic N) is 1. The highest BCUT2D eigenvalue weighted by molar-refractivity contribution is 5.77. The Hall–Kier alpha value is -1.63. The average molecular weight is 321 g/mol. The lowest BCUT2D eigenvalue weighted by Crippen LogP contribution is -2.46. The molecule has 0 spiro atoms. The first kappa shape index (κ1) is 17.7. The first-order chi connectivity index (χ1) is 11.1. The minimum Gasteiger partial charge on any atom is -0.492 e. The number of aryl methyl sites for hydroxylation is 1. The lowest BCUT2D eigenvalue weighted by atomic mass is 10.2. The number of benzene rings is 1. The molecule has 2 N–H and O–H groups in total. The molecule has 2 rings (SSSR count). The molecule has 0 aromatic heterocycles. The number of amides is 1. The molecule has 1 atom stereocenters. The van der Waals surface area contributed by atoms with E-state index < -0.39 is 0 Å². The molecular weight excluding hydrogens is 294 g/mol. The SMILES string of the molecule is Cc1cccc(OCCNC(=O)CNCC2CN(C)CCO2)c1. The second-order valence-corrected chi connectivity index (χ2v) is 5.90.